The number of hydrogen-bond donors (Lipinski definition) is 1. The summed E-state index contributed by atoms with van der Waals surface area (Å²) in [6.07, 6.45) is 3.29. The van der Waals surface area contributed by atoms with Crippen LogP contribution in [0.25, 0.3) is 0 Å². The highest BCUT2D eigenvalue weighted by Crippen LogP contribution is 2.65. The molecule has 2 bridgehead atoms. The molecule has 1 aromatic carbocycles. The molecule has 0 spiro atoms. The molecular formula is C17H21F2NO. The summed E-state index contributed by atoms with van der Waals surface area (Å²) < 4.78 is 26.2. The maximum Gasteiger partial charge on any atom is 0.251 e. The SMILES string of the molecule is CC1(C)[C@H]2CC[C@@]1(C)[C@H](NC(=O)c1ccc(F)c(F)c1)C2. The number of nitrogens with one attached hydrogen (secondary N) is 1. The summed E-state index contributed by atoms with van der Waals surface area (Å²) in [5, 5.41) is 3.04. The Labute approximate surface area is 123 Å². The number of halogens is 2. The number of fused-ring (bicyclic) bond motifs is 2. The van der Waals surface area contributed by atoms with Crippen LogP contribution in [0.3, 0.4) is 0 Å². The standard InChI is InChI=1S/C17H21F2NO/c1-16(2)11-6-7-17(16,3)14(9-11)20-15(21)10-4-5-12(18)13(19)8-10/h4-5,8,11,14H,6-7,9H2,1-3H3,(H,20,21)/t11-,14+,17-/m0/s1. The van der Waals surface area contributed by atoms with Crippen molar-refractivity contribution in [1.29, 1.82) is 0 Å². The Hall–Kier alpha value is -1.45. The van der Waals surface area contributed by atoms with Gasteiger partial charge < -0.3 is 5.32 Å². The minimum Gasteiger partial charge on any atom is -0.349 e. The second-order valence-corrected chi connectivity index (χ2v) is 7.27. The first-order chi connectivity index (χ1) is 9.75. The van der Waals surface area contributed by atoms with E-state index in [1.165, 1.54) is 12.5 Å². The van der Waals surface area contributed by atoms with E-state index in [1.807, 2.05) is 0 Å². The van der Waals surface area contributed by atoms with Gasteiger partial charge in [0.1, 0.15) is 0 Å². The van der Waals surface area contributed by atoms with Crippen molar-refractivity contribution in [1.82, 2.24) is 5.32 Å². The number of amides is 1. The fraction of sp³-hybridized carbons (Fsp3) is 0.588. The van der Waals surface area contributed by atoms with E-state index in [9.17, 15) is 13.6 Å². The van der Waals surface area contributed by atoms with E-state index in [2.05, 4.69) is 26.1 Å². The third-order valence-electron chi connectivity index (χ3n) is 6.28. The van der Waals surface area contributed by atoms with Gasteiger partial charge in [0.05, 0.1) is 0 Å². The van der Waals surface area contributed by atoms with Gasteiger partial charge in [-0.3, -0.25) is 4.79 Å². The van der Waals surface area contributed by atoms with E-state index in [4.69, 9.17) is 0 Å². The molecule has 2 nitrogen and oxygen atoms in total. The van der Waals surface area contributed by atoms with Crippen LogP contribution < -0.4 is 5.32 Å². The second kappa shape index (κ2) is 4.52. The summed E-state index contributed by atoms with van der Waals surface area (Å²) in [6.45, 7) is 6.78. The van der Waals surface area contributed by atoms with Crippen LogP contribution in [-0.2, 0) is 0 Å². The molecule has 1 aromatic rings. The lowest BCUT2D eigenvalue weighted by molar-refractivity contribution is 0.0825. The van der Waals surface area contributed by atoms with Crippen molar-refractivity contribution >= 4 is 5.91 Å². The van der Waals surface area contributed by atoms with Gasteiger partial charge in [-0.05, 0) is 54.2 Å². The van der Waals surface area contributed by atoms with Crippen LogP contribution in [0, 0.1) is 28.4 Å². The fourth-order valence-corrected chi connectivity index (χ4v) is 4.30. The first-order valence-corrected chi connectivity index (χ1v) is 7.51. The Morgan fingerprint density at radius 3 is 2.48 bits per heavy atom. The van der Waals surface area contributed by atoms with E-state index in [-0.39, 0.29) is 28.3 Å². The molecule has 1 N–H and O–H groups in total. The largest absolute Gasteiger partial charge is 0.349 e. The van der Waals surface area contributed by atoms with Crippen molar-refractivity contribution in [3.05, 3.63) is 35.4 Å². The maximum atomic E-state index is 13.2. The molecule has 3 atom stereocenters. The van der Waals surface area contributed by atoms with Gasteiger partial charge in [0.15, 0.2) is 11.6 Å². The van der Waals surface area contributed by atoms with Gasteiger partial charge in [-0.15, -0.1) is 0 Å². The molecule has 1 amide bonds. The van der Waals surface area contributed by atoms with E-state index < -0.39 is 11.6 Å². The third kappa shape index (κ3) is 1.99. The zero-order valence-corrected chi connectivity index (χ0v) is 12.7. The van der Waals surface area contributed by atoms with Crippen molar-refractivity contribution in [2.24, 2.45) is 16.7 Å². The molecule has 2 aliphatic carbocycles. The van der Waals surface area contributed by atoms with Crippen LogP contribution in [0.4, 0.5) is 8.78 Å². The average molecular weight is 293 g/mol. The Morgan fingerprint density at radius 2 is 1.95 bits per heavy atom. The molecule has 3 rings (SSSR count). The maximum absolute atomic E-state index is 13.2. The Kier molecular flexibility index (Phi) is 3.12. The molecule has 114 valence electrons. The highest BCUT2D eigenvalue weighted by atomic mass is 19.2. The highest BCUT2D eigenvalue weighted by molar-refractivity contribution is 5.94. The average Bonchev–Trinajstić information content (AvgIpc) is 2.75. The number of rotatable bonds is 2. The smallest absolute Gasteiger partial charge is 0.251 e. The monoisotopic (exact) mass is 293 g/mol. The third-order valence-corrected chi connectivity index (χ3v) is 6.28. The number of benzene rings is 1. The van der Waals surface area contributed by atoms with Crippen molar-refractivity contribution in [2.75, 3.05) is 0 Å². The van der Waals surface area contributed by atoms with Gasteiger partial charge in [-0.1, -0.05) is 20.8 Å². The van der Waals surface area contributed by atoms with Crippen LogP contribution in [0.2, 0.25) is 0 Å². The van der Waals surface area contributed by atoms with Crippen LogP contribution in [0.1, 0.15) is 50.4 Å². The first kappa shape index (κ1) is 14.5. The zero-order chi connectivity index (χ0) is 15.4. The molecule has 2 fully saturated rings. The molecule has 2 aliphatic rings. The van der Waals surface area contributed by atoms with Crippen LogP contribution in [0.5, 0.6) is 0 Å². The van der Waals surface area contributed by atoms with E-state index in [1.54, 1.807) is 0 Å². The summed E-state index contributed by atoms with van der Waals surface area (Å²) in [7, 11) is 0. The van der Waals surface area contributed by atoms with Crippen molar-refractivity contribution in [3.63, 3.8) is 0 Å². The van der Waals surface area contributed by atoms with Gasteiger partial charge in [0.25, 0.3) is 5.91 Å². The molecule has 0 aromatic heterocycles. The predicted octanol–water partition coefficient (Wildman–Crippen LogP) is 3.91. The van der Waals surface area contributed by atoms with Crippen LogP contribution >= 0.6 is 0 Å². The normalized spacial score (nSPS) is 33.2. The fourth-order valence-electron chi connectivity index (χ4n) is 4.30. The van der Waals surface area contributed by atoms with Gasteiger partial charge in [-0.2, -0.15) is 0 Å². The van der Waals surface area contributed by atoms with Gasteiger partial charge in [-0.25, -0.2) is 8.78 Å². The molecule has 21 heavy (non-hydrogen) atoms. The Balaban J connectivity index is 1.79. The summed E-state index contributed by atoms with van der Waals surface area (Å²) in [6, 6.07) is 3.39. The Bertz CT molecular complexity index is 598. The van der Waals surface area contributed by atoms with Crippen molar-refractivity contribution in [3.8, 4) is 0 Å². The second-order valence-electron chi connectivity index (χ2n) is 7.27. The molecule has 0 aliphatic heterocycles. The lowest BCUT2D eigenvalue weighted by Crippen LogP contribution is -2.46. The lowest BCUT2D eigenvalue weighted by Gasteiger charge is -2.39. The van der Waals surface area contributed by atoms with Crippen LogP contribution in [-0.4, -0.2) is 11.9 Å². The number of carbonyl (C=O) groups excluding carboxylic acids is 1. The molecule has 4 heteroatoms. The lowest BCUT2D eigenvalue weighted by atomic mass is 9.69. The molecular weight excluding hydrogens is 272 g/mol. The van der Waals surface area contributed by atoms with Gasteiger partial charge in [0.2, 0.25) is 0 Å². The van der Waals surface area contributed by atoms with Crippen molar-refractivity contribution in [2.45, 2.75) is 46.1 Å². The first-order valence-electron chi connectivity index (χ1n) is 7.51. The number of carbonyl (C=O) groups is 1. The van der Waals surface area contributed by atoms with E-state index in [0.29, 0.717) is 5.92 Å². The quantitative estimate of drug-likeness (QED) is 0.880. The predicted molar refractivity (Wildman–Crippen MR) is 76.8 cm³/mol. The molecule has 0 unspecified atom stereocenters. The highest BCUT2D eigenvalue weighted by Gasteiger charge is 2.61. The summed E-state index contributed by atoms with van der Waals surface area (Å²) >= 11 is 0. The van der Waals surface area contributed by atoms with Crippen LogP contribution in [0.15, 0.2) is 18.2 Å². The Morgan fingerprint density at radius 1 is 1.24 bits per heavy atom. The minimum atomic E-state index is -0.984. The topological polar surface area (TPSA) is 29.1 Å². The molecule has 0 heterocycles. The summed E-state index contributed by atoms with van der Waals surface area (Å²) in [5.41, 5.74) is 0.461. The number of hydrogen-bond acceptors (Lipinski definition) is 1. The van der Waals surface area contributed by atoms with Gasteiger partial charge >= 0.3 is 0 Å². The zero-order valence-electron chi connectivity index (χ0n) is 12.7. The molecule has 2 saturated carbocycles. The van der Waals surface area contributed by atoms with Gasteiger partial charge in [0, 0.05) is 11.6 Å². The molecule has 0 saturated heterocycles. The van der Waals surface area contributed by atoms with E-state index >= 15 is 0 Å². The van der Waals surface area contributed by atoms with Crippen molar-refractivity contribution < 1.29 is 13.6 Å². The van der Waals surface area contributed by atoms with E-state index in [0.717, 1.165) is 25.0 Å². The summed E-state index contributed by atoms with van der Waals surface area (Å²) in [5.74, 6) is -1.61. The summed E-state index contributed by atoms with van der Waals surface area (Å²) in [4.78, 5) is 12.3. The minimum absolute atomic E-state index is 0.0753. The molecule has 0 radical (unpaired) electrons.